The number of aldehydes is 1. The highest BCUT2D eigenvalue weighted by molar-refractivity contribution is 9.10. The summed E-state index contributed by atoms with van der Waals surface area (Å²) < 4.78 is 24.8. The van der Waals surface area contributed by atoms with E-state index in [1.54, 1.807) is 0 Å². The highest BCUT2D eigenvalue weighted by Gasteiger charge is 2.17. The summed E-state index contributed by atoms with van der Waals surface area (Å²) in [6.45, 7) is 0. The summed E-state index contributed by atoms with van der Waals surface area (Å²) in [5.74, 6) is -0.00611. The Morgan fingerprint density at radius 2 is 2.29 bits per heavy atom. The largest absolute Gasteiger partial charge is 0.298 e. The number of hydrogen-bond acceptors (Lipinski definition) is 2. The fraction of sp³-hybridized carbons (Fsp3) is 0.250. The fourth-order valence-corrected chi connectivity index (χ4v) is 1.53. The Balaban J connectivity index is 3.34. The van der Waals surface area contributed by atoms with Gasteiger partial charge in [0.15, 0.2) is 6.29 Å². The molecule has 0 aliphatic rings. The Morgan fingerprint density at radius 3 is 2.71 bits per heavy atom. The van der Waals surface area contributed by atoms with Gasteiger partial charge in [0.1, 0.15) is 5.69 Å². The summed E-state index contributed by atoms with van der Waals surface area (Å²) >= 11 is 8.33. The summed E-state index contributed by atoms with van der Waals surface area (Å²) in [7, 11) is 0. The monoisotopic (exact) mass is 283 g/mol. The first-order valence-corrected chi connectivity index (χ1v) is 4.91. The average molecular weight is 284 g/mol. The topological polar surface area (TPSA) is 30.0 Å². The molecule has 0 fully saturated rings. The van der Waals surface area contributed by atoms with E-state index in [0.717, 1.165) is 0 Å². The zero-order chi connectivity index (χ0) is 10.7. The van der Waals surface area contributed by atoms with Crippen molar-refractivity contribution < 1.29 is 13.6 Å². The first-order chi connectivity index (χ1) is 6.60. The first-order valence-electron chi connectivity index (χ1n) is 3.58. The number of alkyl halides is 3. The molecule has 0 N–H and O–H groups in total. The molecule has 76 valence electrons. The van der Waals surface area contributed by atoms with Crippen LogP contribution in [0.3, 0.4) is 0 Å². The molecule has 0 saturated heterocycles. The molecule has 1 heterocycles. The number of carbonyl (C=O) groups excluding carboxylic acids is 1. The van der Waals surface area contributed by atoms with Gasteiger partial charge < -0.3 is 0 Å². The minimum absolute atomic E-state index is 0.00611. The highest BCUT2D eigenvalue weighted by Crippen LogP contribution is 2.28. The van der Waals surface area contributed by atoms with Crippen LogP contribution in [0.2, 0.25) is 0 Å². The molecule has 0 aromatic carbocycles. The van der Waals surface area contributed by atoms with Crippen LogP contribution in [0, 0.1) is 0 Å². The first kappa shape index (κ1) is 11.5. The zero-order valence-corrected chi connectivity index (χ0v) is 9.15. The van der Waals surface area contributed by atoms with Crippen molar-refractivity contribution in [2.75, 3.05) is 0 Å². The molecular formula is C8H5BrClF2NO. The molecule has 0 bridgehead atoms. The molecule has 1 rings (SSSR count). The van der Waals surface area contributed by atoms with E-state index in [1.165, 1.54) is 6.07 Å². The van der Waals surface area contributed by atoms with E-state index in [0.29, 0.717) is 6.29 Å². The lowest BCUT2D eigenvalue weighted by molar-refractivity contribution is 0.112. The molecule has 2 nitrogen and oxygen atoms in total. The highest BCUT2D eigenvalue weighted by atomic mass is 79.9. The van der Waals surface area contributed by atoms with Crippen molar-refractivity contribution in [2.24, 2.45) is 0 Å². The van der Waals surface area contributed by atoms with Crippen LogP contribution in [0.15, 0.2) is 10.5 Å². The van der Waals surface area contributed by atoms with Crippen LogP contribution < -0.4 is 0 Å². The lowest BCUT2D eigenvalue weighted by Crippen LogP contribution is -2.00. The van der Waals surface area contributed by atoms with Crippen molar-refractivity contribution in [3.63, 3.8) is 0 Å². The van der Waals surface area contributed by atoms with Gasteiger partial charge >= 0.3 is 0 Å². The number of hydrogen-bond donors (Lipinski definition) is 0. The summed E-state index contributed by atoms with van der Waals surface area (Å²) in [6.07, 6.45) is -2.25. The van der Waals surface area contributed by atoms with Crippen molar-refractivity contribution in [3.05, 3.63) is 27.5 Å². The summed E-state index contributed by atoms with van der Waals surface area (Å²) in [5, 5.41) is 0. The van der Waals surface area contributed by atoms with E-state index in [4.69, 9.17) is 11.6 Å². The molecule has 0 unspecified atom stereocenters. The average Bonchev–Trinajstić information content (AvgIpc) is 2.17. The molecule has 1 aromatic heterocycles. The lowest BCUT2D eigenvalue weighted by Gasteiger charge is -2.06. The van der Waals surface area contributed by atoms with Gasteiger partial charge in [-0.05, 0) is 22.0 Å². The maximum absolute atomic E-state index is 12.4. The normalized spacial score (nSPS) is 10.6. The molecule has 0 aliphatic heterocycles. The van der Waals surface area contributed by atoms with Crippen LogP contribution in [0.5, 0.6) is 0 Å². The van der Waals surface area contributed by atoms with Gasteiger partial charge in [0, 0.05) is 5.56 Å². The van der Waals surface area contributed by atoms with E-state index < -0.39 is 12.1 Å². The van der Waals surface area contributed by atoms with Gasteiger partial charge in [-0.3, -0.25) is 4.79 Å². The van der Waals surface area contributed by atoms with Crippen molar-refractivity contribution in [1.82, 2.24) is 4.98 Å². The molecule has 0 spiro atoms. The van der Waals surface area contributed by atoms with Gasteiger partial charge in [-0.25, -0.2) is 13.8 Å². The van der Waals surface area contributed by atoms with Crippen LogP contribution in [0.1, 0.15) is 28.2 Å². The van der Waals surface area contributed by atoms with Gasteiger partial charge in [0.2, 0.25) is 0 Å². The molecule has 1 aromatic rings. The summed E-state index contributed by atoms with van der Waals surface area (Å²) in [5.41, 5.74) is -0.0662. The number of nitrogens with zero attached hydrogens (tertiary/aromatic N) is 1. The van der Waals surface area contributed by atoms with Gasteiger partial charge in [-0.2, -0.15) is 0 Å². The van der Waals surface area contributed by atoms with Crippen molar-refractivity contribution in [2.45, 2.75) is 12.3 Å². The number of aromatic nitrogens is 1. The Morgan fingerprint density at radius 1 is 1.64 bits per heavy atom. The third-order valence-corrected chi connectivity index (χ3v) is 2.67. The maximum Gasteiger partial charge on any atom is 0.281 e. The zero-order valence-electron chi connectivity index (χ0n) is 6.81. The Kier molecular flexibility index (Phi) is 3.95. The molecule has 0 aliphatic carbocycles. The molecule has 6 heteroatoms. The van der Waals surface area contributed by atoms with Crippen LogP contribution in [0.25, 0.3) is 0 Å². The second kappa shape index (κ2) is 4.79. The van der Waals surface area contributed by atoms with Crippen molar-refractivity contribution in [3.8, 4) is 0 Å². The third kappa shape index (κ3) is 2.27. The minimum atomic E-state index is -2.73. The minimum Gasteiger partial charge on any atom is -0.298 e. The van der Waals surface area contributed by atoms with E-state index >= 15 is 0 Å². The van der Waals surface area contributed by atoms with Crippen molar-refractivity contribution in [1.29, 1.82) is 0 Å². The van der Waals surface area contributed by atoms with E-state index in [1.807, 2.05) is 0 Å². The molecule has 0 radical (unpaired) electrons. The van der Waals surface area contributed by atoms with E-state index in [9.17, 15) is 13.6 Å². The van der Waals surface area contributed by atoms with Gasteiger partial charge in [-0.15, -0.1) is 11.6 Å². The van der Waals surface area contributed by atoms with Gasteiger partial charge in [0.25, 0.3) is 6.43 Å². The van der Waals surface area contributed by atoms with Gasteiger partial charge in [-0.1, -0.05) is 0 Å². The van der Waals surface area contributed by atoms with Crippen LogP contribution in [-0.2, 0) is 5.88 Å². The molecule has 0 amide bonds. The Bertz CT molecular complexity index is 359. The molecular weight excluding hydrogens is 279 g/mol. The smallest absolute Gasteiger partial charge is 0.281 e. The number of pyridine rings is 1. The second-order valence-corrected chi connectivity index (χ2v) is 3.51. The number of rotatable bonds is 3. The van der Waals surface area contributed by atoms with Crippen LogP contribution in [0.4, 0.5) is 8.78 Å². The van der Waals surface area contributed by atoms with Crippen molar-refractivity contribution >= 4 is 33.8 Å². The van der Waals surface area contributed by atoms with E-state index in [2.05, 4.69) is 20.9 Å². The second-order valence-electron chi connectivity index (χ2n) is 2.45. The number of carbonyl (C=O) groups is 1. The summed E-state index contributed by atoms with van der Waals surface area (Å²) in [6, 6.07) is 1.37. The predicted octanol–water partition coefficient (Wildman–Crippen LogP) is 3.33. The maximum atomic E-state index is 12.4. The third-order valence-electron chi connectivity index (χ3n) is 1.54. The molecule has 14 heavy (non-hydrogen) atoms. The molecule has 0 saturated carbocycles. The predicted molar refractivity (Wildman–Crippen MR) is 51.8 cm³/mol. The van der Waals surface area contributed by atoms with E-state index in [-0.39, 0.29) is 21.6 Å². The van der Waals surface area contributed by atoms with Crippen LogP contribution >= 0.6 is 27.5 Å². The van der Waals surface area contributed by atoms with Crippen LogP contribution in [-0.4, -0.2) is 11.3 Å². The fourth-order valence-electron chi connectivity index (χ4n) is 0.926. The summed E-state index contributed by atoms with van der Waals surface area (Å²) in [4.78, 5) is 14.1. The molecule has 0 atom stereocenters. The standard InChI is InChI=1S/C8H5BrClF2NO/c9-6-4(3-14)1-5(2-10)13-7(6)8(11)12/h1,3,8H,2H2. The van der Waals surface area contributed by atoms with Gasteiger partial charge in [0.05, 0.1) is 16.0 Å². The Labute approximate surface area is 92.4 Å². The lowest BCUT2D eigenvalue weighted by atomic mass is 10.2. The Hall–Kier alpha value is -0.550. The quantitative estimate of drug-likeness (QED) is 0.629. The number of halogens is 4. The SMILES string of the molecule is O=Cc1cc(CCl)nc(C(F)F)c1Br.